The van der Waals surface area contributed by atoms with Crippen molar-refractivity contribution in [2.24, 2.45) is 5.92 Å². The lowest BCUT2D eigenvalue weighted by Crippen LogP contribution is -2.39. The van der Waals surface area contributed by atoms with Gasteiger partial charge < -0.3 is 10.6 Å². The number of carbonyl (C=O) groups excluding carboxylic acids is 1. The molecule has 5 heteroatoms. The Kier molecular flexibility index (Phi) is 3.59. The number of nitrogens with two attached hydrogens (primary N) is 1. The summed E-state index contributed by atoms with van der Waals surface area (Å²) in [6.45, 7) is 7.87. The van der Waals surface area contributed by atoms with Gasteiger partial charge in [0.25, 0.3) is 5.91 Å². The Hall–Kier alpha value is -1.52. The molecule has 100 valence electrons. The average Bonchev–Trinajstić information content (AvgIpc) is 2.70. The van der Waals surface area contributed by atoms with Gasteiger partial charge in [0.2, 0.25) is 0 Å². The van der Waals surface area contributed by atoms with E-state index in [0.29, 0.717) is 17.3 Å². The molecular weight excluding hydrogens is 228 g/mol. The van der Waals surface area contributed by atoms with E-state index in [1.165, 1.54) is 6.42 Å². The Labute approximate surface area is 108 Å². The predicted octanol–water partition coefficient (Wildman–Crippen LogP) is 1.92. The lowest BCUT2D eigenvalue weighted by molar-refractivity contribution is 0.0684. The van der Waals surface area contributed by atoms with Crippen molar-refractivity contribution in [3.05, 3.63) is 11.8 Å². The number of nitrogens with zero attached hydrogens (tertiary/aromatic N) is 3. The van der Waals surface area contributed by atoms with Crippen molar-refractivity contribution >= 4 is 11.7 Å². The molecule has 2 heterocycles. The molecule has 1 amide bonds. The Morgan fingerprint density at radius 3 is 2.83 bits per heavy atom. The number of amides is 1. The first-order valence-corrected chi connectivity index (χ1v) is 6.63. The van der Waals surface area contributed by atoms with Crippen molar-refractivity contribution < 1.29 is 4.79 Å². The third kappa shape index (κ3) is 2.49. The van der Waals surface area contributed by atoms with Gasteiger partial charge in [-0.2, -0.15) is 5.10 Å². The van der Waals surface area contributed by atoms with Gasteiger partial charge in [-0.15, -0.1) is 0 Å². The molecule has 0 radical (unpaired) electrons. The first-order valence-electron chi connectivity index (χ1n) is 6.63. The highest BCUT2D eigenvalue weighted by atomic mass is 16.2. The molecular formula is C13H22N4O. The second kappa shape index (κ2) is 5.00. The average molecular weight is 250 g/mol. The molecule has 1 saturated heterocycles. The first-order chi connectivity index (χ1) is 8.49. The number of likely N-dealkylation sites (tertiary alicyclic amines) is 1. The Balaban J connectivity index is 2.17. The fraction of sp³-hybridized carbons (Fsp3) is 0.692. The summed E-state index contributed by atoms with van der Waals surface area (Å²) in [4.78, 5) is 14.3. The van der Waals surface area contributed by atoms with Crippen LogP contribution >= 0.6 is 0 Å². The van der Waals surface area contributed by atoms with Gasteiger partial charge in [0.15, 0.2) is 5.82 Å². The maximum absolute atomic E-state index is 12.4. The summed E-state index contributed by atoms with van der Waals surface area (Å²) in [6.07, 6.45) is 4.04. The van der Waals surface area contributed by atoms with E-state index < -0.39 is 0 Å². The largest absolute Gasteiger partial charge is 0.382 e. The highest BCUT2D eigenvalue weighted by Crippen LogP contribution is 2.20. The van der Waals surface area contributed by atoms with Gasteiger partial charge in [-0.3, -0.25) is 9.48 Å². The fourth-order valence-electron chi connectivity index (χ4n) is 2.38. The molecule has 0 aromatic carbocycles. The zero-order chi connectivity index (χ0) is 13.3. The van der Waals surface area contributed by atoms with Gasteiger partial charge >= 0.3 is 0 Å². The summed E-state index contributed by atoms with van der Waals surface area (Å²) in [5.41, 5.74) is 6.38. The summed E-state index contributed by atoms with van der Waals surface area (Å²) < 4.78 is 1.75. The summed E-state index contributed by atoms with van der Waals surface area (Å²) in [6, 6.07) is 0.217. The van der Waals surface area contributed by atoms with E-state index >= 15 is 0 Å². The van der Waals surface area contributed by atoms with Crippen LogP contribution < -0.4 is 5.73 Å². The molecule has 0 saturated carbocycles. The molecule has 1 fully saturated rings. The quantitative estimate of drug-likeness (QED) is 0.872. The molecule has 0 aliphatic carbocycles. The van der Waals surface area contributed by atoms with Crippen molar-refractivity contribution in [3.8, 4) is 0 Å². The molecule has 1 aromatic heterocycles. The number of aromatic nitrogens is 2. The predicted molar refractivity (Wildman–Crippen MR) is 71.3 cm³/mol. The van der Waals surface area contributed by atoms with Gasteiger partial charge in [-0.05, 0) is 32.6 Å². The lowest BCUT2D eigenvalue weighted by Gasteiger charge is -2.30. The van der Waals surface area contributed by atoms with Gasteiger partial charge in [0.05, 0.1) is 0 Å². The van der Waals surface area contributed by atoms with Crippen LogP contribution in [-0.4, -0.2) is 33.7 Å². The molecule has 1 unspecified atom stereocenters. The maximum Gasteiger partial charge on any atom is 0.259 e. The van der Waals surface area contributed by atoms with Gasteiger partial charge in [0.1, 0.15) is 5.56 Å². The van der Waals surface area contributed by atoms with Crippen LogP contribution in [0.2, 0.25) is 0 Å². The second-order valence-corrected chi connectivity index (χ2v) is 5.50. The zero-order valence-corrected chi connectivity index (χ0v) is 11.4. The van der Waals surface area contributed by atoms with E-state index in [0.717, 1.165) is 19.5 Å². The topological polar surface area (TPSA) is 64.2 Å². The van der Waals surface area contributed by atoms with Crippen LogP contribution in [0.15, 0.2) is 6.20 Å². The molecule has 5 nitrogen and oxygen atoms in total. The highest BCUT2D eigenvalue weighted by Gasteiger charge is 2.25. The van der Waals surface area contributed by atoms with E-state index in [-0.39, 0.29) is 11.9 Å². The number of rotatable bonds is 2. The minimum atomic E-state index is 0.0194. The molecule has 1 aliphatic heterocycles. The zero-order valence-electron chi connectivity index (χ0n) is 11.4. The molecule has 1 aliphatic rings. The summed E-state index contributed by atoms with van der Waals surface area (Å²) in [7, 11) is 0. The summed E-state index contributed by atoms with van der Waals surface area (Å²) in [5, 5.41) is 4.19. The third-order valence-electron chi connectivity index (χ3n) is 3.46. The molecule has 2 N–H and O–H groups in total. The number of hydrogen-bond acceptors (Lipinski definition) is 3. The molecule has 0 spiro atoms. The number of piperidine rings is 1. The Morgan fingerprint density at radius 2 is 2.28 bits per heavy atom. The van der Waals surface area contributed by atoms with Crippen LogP contribution in [0.3, 0.4) is 0 Å². The normalized spacial score (nSPS) is 20.4. The second-order valence-electron chi connectivity index (χ2n) is 5.50. The van der Waals surface area contributed by atoms with Gasteiger partial charge in [0, 0.05) is 25.3 Å². The summed E-state index contributed by atoms with van der Waals surface area (Å²) in [5.74, 6) is 0.932. The van der Waals surface area contributed by atoms with E-state index in [2.05, 4.69) is 12.0 Å². The van der Waals surface area contributed by atoms with Crippen LogP contribution in [0.5, 0.6) is 0 Å². The first kappa shape index (κ1) is 12.9. The Morgan fingerprint density at radius 1 is 1.56 bits per heavy atom. The van der Waals surface area contributed by atoms with Crippen molar-refractivity contribution in [3.63, 3.8) is 0 Å². The molecule has 1 aromatic rings. The van der Waals surface area contributed by atoms with Crippen LogP contribution in [-0.2, 0) is 0 Å². The number of nitrogen functional groups attached to an aromatic ring is 1. The van der Waals surface area contributed by atoms with E-state index in [1.54, 1.807) is 10.9 Å². The SMILES string of the molecule is CC1CCCN(C(=O)c2cn(C(C)C)nc2N)C1. The highest BCUT2D eigenvalue weighted by molar-refractivity contribution is 5.98. The molecule has 18 heavy (non-hydrogen) atoms. The fourth-order valence-corrected chi connectivity index (χ4v) is 2.38. The number of hydrogen-bond donors (Lipinski definition) is 1. The lowest BCUT2D eigenvalue weighted by atomic mass is 10.00. The van der Waals surface area contributed by atoms with Crippen molar-refractivity contribution in [1.29, 1.82) is 0 Å². The summed E-state index contributed by atoms with van der Waals surface area (Å²) >= 11 is 0. The Bertz CT molecular complexity index is 438. The van der Waals surface area contributed by atoms with Crippen LogP contribution in [0.4, 0.5) is 5.82 Å². The van der Waals surface area contributed by atoms with Gasteiger partial charge in [-0.25, -0.2) is 0 Å². The third-order valence-corrected chi connectivity index (χ3v) is 3.46. The van der Waals surface area contributed by atoms with Crippen molar-refractivity contribution in [1.82, 2.24) is 14.7 Å². The van der Waals surface area contributed by atoms with Crippen LogP contribution in [0.1, 0.15) is 50.0 Å². The number of anilines is 1. The van der Waals surface area contributed by atoms with Gasteiger partial charge in [-0.1, -0.05) is 6.92 Å². The smallest absolute Gasteiger partial charge is 0.259 e. The molecule has 0 bridgehead atoms. The van der Waals surface area contributed by atoms with Crippen LogP contribution in [0, 0.1) is 5.92 Å². The van der Waals surface area contributed by atoms with E-state index in [1.807, 2.05) is 18.7 Å². The maximum atomic E-state index is 12.4. The molecule has 1 atom stereocenters. The van der Waals surface area contributed by atoms with Crippen molar-refractivity contribution in [2.75, 3.05) is 18.8 Å². The monoisotopic (exact) mass is 250 g/mol. The molecule has 2 rings (SSSR count). The standard InChI is InChI=1S/C13H22N4O/c1-9(2)17-8-11(12(14)15-17)13(18)16-6-4-5-10(3)7-16/h8-10H,4-7H2,1-3H3,(H2,14,15). The number of carbonyl (C=O) groups is 1. The van der Waals surface area contributed by atoms with E-state index in [4.69, 9.17) is 5.73 Å². The van der Waals surface area contributed by atoms with E-state index in [9.17, 15) is 4.79 Å². The van der Waals surface area contributed by atoms with Crippen molar-refractivity contribution in [2.45, 2.75) is 39.7 Å². The minimum absolute atomic E-state index is 0.0194. The van der Waals surface area contributed by atoms with Crippen LogP contribution in [0.25, 0.3) is 0 Å². The minimum Gasteiger partial charge on any atom is -0.382 e.